The molecule has 0 saturated heterocycles. The van der Waals surface area contributed by atoms with Crippen molar-refractivity contribution in [2.75, 3.05) is 7.11 Å². The van der Waals surface area contributed by atoms with E-state index in [-0.39, 0.29) is 17.5 Å². The third-order valence-corrected chi connectivity index (χ3v) is 7.18. The number of aromatic nitrogens is 4. The number of hydrogen-bond donors (Lipinski definition) is 2. The van der Waals surface area contributed by atoms with Crippen LogP contribution in [0.4, 0.5) is 0 Å². The highest BCUT2D eigenvalue weighted by molar-refractivity contribution is 5.91. The van der Waals surface area contributed by atoms with E-state index in [0.717, 1.165) is 40.3 Å². The van der Waals surface area contributed by atoms with Crippen LogP contribution in [0.5, 0.6) is 5.75 Å². The lowest BCUT2D eigenvalue weighted by molar-refractivity contribution is 0.0697. The van der Waals surface area contributed by atoms with Gasteiger partial charge in [-0.05, 0) is 73.5 Å². The maximum Gasteiger partial charge on any atom is 0.335 e. The van der Waals surface area contributed by atoms with Crippen LogP contribution < -0.4 is 0 Å². The van der Waals surface area contributed by atoms with Gasteiger partial charge in [-0.15, -0.1) is 0 Å². The minimum Gasteiger partial charge on any atom is -0.507 e. The summed E-state index contributed by atoms with van der Waals surface area (Å²) >= 11 is 0. The SMILES string of the molecule is CCc1cc(-c2ccc(C)o2)n(-c2ccc3c(c2)nc(-c2cc(C(=O)O)ccc2O)n3CC2=CCC(OC)N=C2)n1. The van der Waals surface area contributed by atoms with E-state index in [1.165, 1.54) is 18.2 Å². The first-order chi connectivity index (χ1) is 19.8. The summed E-state index contributed by atoms with van der Waals surface area (Å²) in [7, 11) is 1.62. The van der Waals surface area contributed by atoms with E-state index in [2.05, 4.69) is 18.0 Å². The van der Waals surface area contributed by atoms with Crippen LogP contribution in [0.15, 0.2) is 75.7 Å². The van der Waals surface area contributed by atoms with Gasteiger partial charge in [-0.3, -0.25) is 4.99 Å². The molecule has 2 N–H and O–H groups in total. The van der Waals surface area contributed by atoms with E-state index < -0.39 is 5.97 Å². The summed E-state index contributed by atoms with van der Waals surface area (Å²) in [6.07, 6.45) is 5.03. The van der Waals surface area contributed by atoms with E-state index in [1.807, 2.05) is 52.6 Å². The lowest BCUT2D eigenvalue weighted by atomic mass is 10.1. The monoisotopic (exact) mass is 551 g/mol. The average Bonchev–Trinajstić information content (AvgIpc) is 3.70. The van der Waals surface area contributed by atoms with Gasteiger partial charge in [-0.2, -0.15) is 5.10 Å². The van der Waals surface area contributed by atoms with Crippen LogP contribution in [0.1, 0.15) is 35.2 Å². The van der Waals surface area contributed by atoms with Crippen LogP contribution in [-0.2, 0) is 17.7 Å². The summed E-state index contributed by atoms with van der Waals surface area (Å²) in [6.45, 7) is 4.37. The second kappa shape index (κ2) is 10.5. The van der Waals surface area contributed by atoms with Gasteiger partial charge >= 0.3 is 5.97 Å². The number of rotatable bonds is 8. The molecule has 0 bridgehead atoms. The lowest BCUT2D eigenvalue weighted by Crippen LogP contribution is -2.13. The van der Waals surface area contributed by atoms with Crippen LogP contribution >= 0.6 is 0 Å². The van der Waals surface area contributed by atoms with Gasteiger partial charge in [0.15, 0.2) is 12.0 Å². The Labute approximate surface area is 235 Å². The second-order valence-electron chi connectivity index (χ2n) is 9.91. The van der Waals surface area contributed by atoms with Crippen molar-refractivity contribution >= 4 is 23.2 Å². The number of aliphatic imine (C=N–C) groups is 1. The number of aromatic hydroxyl groups is 1. The molecule has 0 radical (unpaired) electrons. The van der Waals surface area contributed by atoms with Crippen LogP contribution in [0.2, 0.25) is 0 Å². The smallest absolute Gasteiger partial charge is 0.335 e. The Morgan fingerprint density at radius 2 is 2.00 bits per heavy atom. The summed E-state index contributed by atoms with van der Waals surface area (Å²) in [5.41, 5.74) is 5.35. The number of allylic oxidation sites excluding steroid dienone is 1. The number of aromatic carboxylic acids is 1. The molecule has 4 heterocycles. The van der Waals surface area contributed by atoms with Crippen molar-refractivity contribution < 1.29 is 24.2 Å². The standard InChI is InChI=1S/C31H29N5O5/c1-4-21-14-26(28-11-5-18(2)41-28)36(34-21)22-8-9-25-24(15-22)33-30(23-13-20(31(38)39)7-10-27(23)37)35(25)17-19-6-12-29(40-3)32-16-19/h5-11,13-16,29,37H,4,12,17H2,1-3H3,(H,38,39). The topological polar surface area (TPSA) is 128 Å². The number of ether oxygens (including phenoxy) is 1. The lowest BCUT2D eigenvalue weighted by Gasteiger charge is -2.16. The Morgan fingerprint density at radius 1 is 1.15 bits per heavy atom. The molecule has 1 atom stereocenters. The van der Waals surface area contributed by atoms with Crippen molar-refractivity contribution in [1.82, 2.24) is 19.3 Å². The Kier molecular flexibility index (Phi) is 6.76. The first-order valence-electron chi connectivity index (χ1n) is 13.3. The quantitative estimate of drug-likeness (QED) is 0.250. The van der Waals surface area contributed by atoms with Crippen LogP contribution in [-0.4, -0.2) is 55.1 Å². The summed E-state index contributed by atoms with van der Waals surface area (Å²) in [6, 6.07) is 15.9. The number of imidazole rings is 1. The molecule has 3 aromatic heterocycles. The molecule has 0 saturated carbocycles. The van der Waals surface area contributed by atoms with Gasteiger partial charge in [0.05, 0.1) is 40.1 Å². The fourth-order valence-electron chi connectivity index (χ4n) is 5.00. The van der Waals surface area contributed by atoms with Crippen molar-refractivity contribution in [3.8, 4) is 34.3 Å². The Balaban J connectivity index is 1.51. The molecule has 0 spiro atoms. The van der Waals surface area contributed by atoms with Crippen LogP contribution in [0, 0.1) is 6.92 Å². The number of carboxylic acids is 1. The number of carboxylic acid groups (broad SMARTS) is 1. The molecule has 0 amide bonds. The van der Waals surface area contributed by atoms with Crippen molar-refractivity contribution in [2.45, 2.75) is 39.5 Å². The number of fused-ring (bicyclic) bond motifs is 1. The molecule has 1 aliphatic rings. The molecule has 10 heteroatoms. The number of aryl methyl sites for hydroxylation is 2. The van der Waals surface area contributed by atoms with Crippen LogP contribution in [0.3, 0.4) is 0 Å². The Morgan fingerprint density at radius 3 is 2.68 bits per heavy atom. The first-order valence-corrected chi connectivity index (χ1v) is 13.3. The molecule has 208 valence electrons. The predicted molar refractivity (Wildman–Crippen MR) is 155 cm³/mol. The third kappa shape index (κ3) is 4.93. The third-order valence-electron chi connectivity index (χ3n) is 7.18. The average molecular weight is 552 g/mol. The fourth-order valence-corrected chi connectivity index (χ4v) is 5.00. The van der Waals surface area contributed by atoms with E-state index in [1.54, 1.807) is 13.3 Å². The number of benzene rings is 2. The molecule has 10 nitrogen and oxygen atoms in total. The van der Waals surface area contributed by atoms with Gasteiger partial charge in [0.1, 0.15) is 23.0 Å². The predicted octanol–water partition coefficient (Wildman–Crippen LogP) is 5.80. The number of methoxy groups -OCH3 is 1. The van der Waals surface area contributed by atoms with E-state index in [0.29, 0.717) is 35.6 Å². The molecule has 5 aromatic rings. The van der Waals surface area contributed by atoms with Crippen LogP contribution in [0.25, 0.3) is 39.6 Å². The Bertz CT molecular complexity index is 1840. The number of phenolic OH excluding ortho intramolecular Hbond substituents is 1. The van der Waals surface area contributed by atoms with Gasteiger partial charge in [-0.25, -0.2) is 14.5 Å². The van der Waals surface area contributed by atoms with Gasteiger partial charge in [0, 0.05) is 19.7 Å². The molecule has 1 aliphatic heterocycles. The second-order valence-corrected chi connectivity index (χ2v) is 9.91. The first kappa shape index (κ1) is 26.3. The molecular formula is C31H29N5O5. The maximum absolute atomic E-state index is 11.7. The zero-order valence-electron chi connectivity index (χ0n) is 22.9. The van der Waals surface area contributed by atoms with Crippen molar-refractivity contribution in [2.24, 2.45) is 4.99 Å². The molecule has 41 heavy (non-hydrogen) atoms. The van der Waals surface area contributed by atoms with Gasteiger partial charge < -0.3 is 23.9 Å². The van der Waals surface area contributed by atoms with E-state index in [9.17, 15) is 15.0 Å². The number of dihydropyridines is 1. The minimum absolute atomic E-state index is 0.0560. The zero-order valence-corrected chi connectivity index (χ0v) is 22.9. The van der Waals surface area contributed by atoms with Gasteiger partial charge in [0.2, 0.25) is 0 Å². The minimum atomic E-state index is -1.09. The fraction of sp³-hybridized carbons (Fsp3) is 0.226. The number of nitrogens with zero attached hydrogens (tertiary/aromatic N) is 5. The molecule has 6 rings (SSSR count). The Hall–Kier alpha value is -4.96. The van der Waals surface area contributed by atoms with Crippen molar-refractivity contribution in [3.05, 3.63) is 83.3 Å². The molecular weight excluding hydrogens is 522 g/mol. The maximum atomic E-state index is 11.7. The van der Waals surface area contributed by atoms with Crippen molar-refractivity contribution in [3.63, 3.8) is 0 Å². The molecule has 0 aliphatic carbocycles. The highest BCUT2D eigenvalue weighted by atomic mass is 16.5. The zero-order chi connectivity index (χ0) is 28.7. The number of hydrogen-bond acceptors (Lipinski definition) is 7. The highest BCUT2D eigenvalue weighted by Gasteiger charge is 2.21. The van der Waals surface area contributed by atoms with E-state index in [4.69, 9.17) is 19.2 Å². The number of furan rings is 1. The highest BCUT2D eigenvalue weighted by Crippen LogP contribution is 2.34. The van der Waals surface area contributed by atoms with Gasteiger partial charge in [0.25, 0.3) is 0 Å². The summed E-state index contributed by atoms with van der Waals surface area (Å²) < 4.78 is 15.1. The summed E-state index contributed by atoms with van der Waals surface area (Å²) in [5.74, 6) is 0.819. The molecule has 2 aromatic carbocycles. The van der Waals surface area contributed by atoms with Gasteiger partial charge in [-0.1, -0.05) is 13.0 Å². The molecule has 0 fully saturated rings. The number of carbonyl (C=O) groups is 1. The summed E-state index contributed by atoms with van der Waals surface area (Å²) in [4.78, 5) is 21.1. The summed E-state index contributed by atoms with van der Waals surface area (Å²) in [5, 5.41) is 25.2. The van der Waals surface area contributed by atoms with Crippen molar-refractivity contribution in [1.29, 1.82) is 0 Å². The number of phenols is 1. The molecule has 1 unspecified atom stereocenters. The van der Waals surface area contributed by atoms with E-state index >= 15 is 0 Å². The normalized spacial score (nSPS) is 15.0. The largest absolute Gasteiger partial charge is 0.507 e.